The van der Waals surface area contributed by atoms with E-state index in [1.165, 1.54) is 6.07 Å². The first-order valence-electron chi connectivity index (χ1n) is 5.96. The van der Waals surface area contributed by atoms with Crippen LogP contribution < -0.4 is 5.32 Å². The van der Waals surface area contributed by atoms with Crippen molar-refractivity contribution >= 4 is 22.2 Å². The first-order valence-corrected chi connectivity index (χ1v) is 6.78. The van der Waals surface area contributed by atoms with Crippen LogP contribution in [-0.2, 0) is 0 Å². The van der Waals surface area contributed by atoms with Gasteiger partial charge in [-0.3, -0.25) is 10.1 Å². The summed E-state index contributed by atoms with van der Waals surface area (Å²) >= 11 is 1.56. The number of aromatic nitrogens is 1. The van der Waals surface area contributed by atoms with Gasteiger partial charge in [0.25, 0.3) is 5.69 Å². The first kappa shape index (κ1) is 13.5. The molecule has 1 N–H and O–H groups in total. The molecular weight excluding hydrogens is 262 g/mol. The summed E-state index contributed by atoms with van der Waals surface area (Å²) in [4.78, 5) is 16.0. The van der Waals surface area contributed by atoms with Gasteiger partial charge in [-0.1, -0.05) is 12.1 Å². The Hall–Kier alpha value is -1.95. The molecule has 2 rings (SSSR count). The third-order valence-corrected chi connectivity index (χ3v) is 3.44. The molecule has 0 radical (unpaired) electrons. The smallest absolute Gasteiger partial charge is 0.270 e. The minimum Gasteiger partial charge on any atom is -0.359 e. The predicted octanol–water partition coefficient (Wildman–Crippen LogP) is 3.85. The quantitative estimate of drug-likeness (QED) is 0.681. The second-order valence-electron chi connectivity index (χ2n) is 4.53. The zero-order valence-corrected chi connectivity index (χ0v) is 11.8. The predicted molar refractivity (Wildman–Crippen MR) is 77.7 cm³/mol. The molecule has 0 saturated carbocycles. The number of nitro benzene ring substituents is 1. The highest BCUT2D eigenvalue weighted by atomic mass is 32.1. The lowest BCUT2D eigenvalue weighted by Crippen LogP contribution is -2.08. The van der Waals surface area contributed by atoms with Crippen molar-refractivity contribution in [1.82, 2.24) is 4.98 Å². The van der Waals surface area contributed by atoms with Gasteiger partial charge < -0.3 is 5.32 Å². The van der Waals surface area contributed by atoms with Crippen molar-refractivity contribution in [3.8, 4) is 11.3 Å². The summed E-state index contributed by atoms with van der Waals surface area (Å²) < 4.78 is 0. The molecule has 0 bridgehead atoms. The molecule has 100 valence electrons. The Labute approximate surface area is 115 Å². The molecule has 0 aliphatic heterocycles. The number of non-ortho nitro benzene ring substituents is 1. The SMILES string of the molecule is Cc1sc(NC(C)C)nc1-c1cccc([N+](=O)[O-])c1. The lowest BCUT2D eigenvalue weighted by molar-refractivity contribution is -0.384. The number of rotatable bonds is 4. The summed E-state index contributed by atoms with van der Waals surface area (Å²) in [6, 6.07) is 6.87. The van der Waals surface area contributed by atoms with Gasteiger partial charge in [0.05, 0.1) is 10.6 Å². The topological polar surface area (TPSA) is 68.1 Å². The van der Waals surface area contributed by atoms with Crippen LogP contribution in [0.15, 0.2) is 24.3 Å². The highest BCUT2D eigenvalue weighted by Gasteiger charge is 2.13. The number of hydrogen-bond donors (Lipinski definition) is 1. The Morgan fingerprint density at radius 3 is 2.79 bits per heavy atom. The summed E-state index contributed by atoms with van der Waals surface area (Å²) in [5.41, 5.74) is 1.67. The van der Waals surface area contributed by atoms with Crippen LogP contribution in [0.1, 0.15) is 18.7 Å². The average Bonchev–Trinajstić information content (AvgIpc) is 2.69. The van der Waals surface area contributed by atoms with E-state index in [1.54, 1.807) is 23.5 Å². The Morgan fingerprint density at radius 2 is 2.16 bits per heavy atom. The molecule has 1 aromatic carbocycles. The molecule has 0 amide bonds. The molecule has 0 spiro atoms. The lowest BCUT2D eigenvalue weighted by Gasteiger charge is -2.04. The van der Waals surface area contributed by atoms with Crippen LogP contribution in [0.2, 0.25) is 0 Å². The monoisotopic (exact) mass is 277 g/mol. The van der Waals surface area contributed by atoms with Crippen LogP contribution in [-0.4, -0.2) is 15.9 Å². The molecule has 0 atom stereocenters. The zero-order chi connectivity index (χ0) is 14.0. The summed E-state index contributed by atoms with van der Waals surface area (Å²) in [7, 11) is 0. The van der Waals surface area contributed by atoms with Crippen LogP contribution in [0.4, 0.5) is 10.8 Å². The Balaban J connectivity index is 2.38. The molecule has 6 heteroatoms. The first-order chi connectivity index (χ1) is 8.97. The van der Waals surface area contributed by atoms with Crippen molar-refractivity contribution in [3.05, 3.63) is 39.3 Å². The second kappa shape index (κ2) is 5.36. The maximum absolute atomic E-state index is 10.8. The van der Waals surface area contributed by atoms with Crippen LogP contribution in [0.25, 0.3) is 11.3 Å². The fraction of sp³-hybridized carbons (Fsp3) is 0.308. The third kappa shape index (κ3) is 3.08. The number of benzene rings is 1. The minimum absolute atomic E-state index is 0.0864. The second-order valence-corrected chi connectivity index (χ2v) is 5.73. The van der Waals surface area contributed by atoms with Gasteiger partial charge in [0, 0.05) is 28.6 Å². The number of thiazole rings is 1. The third-order valence-electron chi connectivity index (χ3n) is 2.54. The normalized spacial score (nSPS) is 10.7. The fourth-order valence-electron chi connectivity index (χ4n) is 1.74. The summed E-state index contributed by atoms with van der Waals surface area (Å²) in [5, 5.41) is 14.9. The number of nitrogens with one attached hydrogen (secondary N) is 1. The zero-order valence-electron chi connectivity index (χ0n) is 11.0. The van der Waals surface area contributed by atoms with Crippen molar-refractivity contribution in [2.45, 2.75) is 26.8 Å². The van der Waals surface area contributed by atoms with Gasteiger partial charge in [0.15, 0.2) is 5.13 Å². The molecule has 1 aromatic heterocycles. The Kier molecular flexibility index (Phi) is 3.80. The van der Waals surface area contributed by atoms with Gasteiger partial charge in [-0.05, 0) is 20.8 Å². The average molecular weight is 277 g/mol. The van der Waals surface area contributed by atoms with Gasteiger partial charge in [-0.15, -0.1) is 11.3 Å². The number of nitrogens with zero attached hydrogens (tertiary/aromatic N) is 2. The number of nitro groups is 1. The molecule has 2 aromatic rings. The maximum atomic E-state index is 10.8. The highest BCUT2D eigenvalue weighted by molar-refractivity contribution is 7.16. The van der Waals surface area contributed by atoms with E-state index in [0.29, 0.717) is 6.04 Å². The molecular formula is C13H15N3O2S. The summed E-state index contributed by atoms with van der Waals surface area (Å²) in [5.74, 6) is 0. The van der Waals surface area contributed by atoms with E-state index in [-0.39, 0.29) is 5.69 Å². The molecule has 0 unspecified atom stereocenters. The van der Waals surface area contributed by atoms with E-state index >= 15 is 0 Å². The molecule has 0 fully saturated rings. The van der Waals surface area contributed by atoms with Gasteiger partial charge in [-0.25, -0.2) is 4.98 Å². The van der Waals surface area contributed by atoms with E-state index in [2.05, 4.69) is 10.3 Å². The van der Waals surface area contributed by atoms with E-state index in [9.17, 15) is 10.1 Å². The fourth-order valence-corrected chi connectivity index (χ4v) is 2.72. The Morgan fingerprint density at radius 1 is 1.42 bits per heavy atom. The van der Waals surface area contributed by atoms with E-state index < -0.39 is 4.92 Å². The van der Waals surface area contributed by atoms with Crippen molar-refractivity contribution in [2.75, 3.05) is 5.32 Å². The van der Waals surface area contributed by atoms with Gasteiger partial charge in [0.1, 0.15) is 0 Å². The van der Waals surface area contributed by atoms with E-state index in [0.717, 1.165) is 21.3 Å². The number of hydrogen-bond acceptors (Lipinski definition) is 5. The van der Waals surface area contributed by atoms with Crippen molar-refractivity contribution in [3.63, 3.8) is 0 Å². The molecule has 0 saturated heterocycles. The number of aryl methyl sites for hydroxylation is 1. The standard InChI is InChI=1S/C13H15N3O2S/c1-8(2)14-13-15-12(9(3)19-13)10-5-4-6-11(7-10)16(17)18/h4-8H,1-3H3,(H,14,15). The summed E-state index contributed by atoms with van der Waals surface area (Å²) in [6.07, 6.45) is 0. The molecule has 1 heterocycles. The van der Waals surface area contributed by atoms with Crippen molar-refractivity contribution in [2.24, 2.45) is 0 Å². The van der Waals surface area contributed by atoms with Gasteiger partial charge >= 0.3 is 0 Å². The molecule has 5 nitrogen and oxygen atoms in total. The Bertz CT molecular complexity index is 608. The summed E-state index contributed by atoms with van der Waals surface area (Å²) in [6.45, 7) is 6.06. The maximum Gasteiger partial charge on any atom is 0.270 e. The van der Waals surface area contributed by atoms with Crippen LogP contribution in [0, 0.1) is 17.0 Å². The molecule has 0 aliphatic rings. The van der Waals surface area contributed by atoms with Gasteiger partial charge in [-0.2, -0.15) is 0 Å². The number of anilines is 1. The molecule has 19 heavy (non-hydrogen) atoms. The van der Waals surface area contributed by atoms with Crippen LogP contribution in [0.5, 0.6) is 0 Å². The van der Waals surface area contributed by atoms with Crippen molar-refractivity contribution < 1.29 is 4.92 Å². The van der Waals surface area contributed by atoms with Crippen LogP contribution in [0.3, 0.4) is 0 Å². The highest BCUT2D eigenvalue weighted by Crippen LogP contribution is 2.32. The van der Waals surface area contributed by atoms with Crippen molar-refractivity contribution in [1.29, 1.82) is 0 Å². The van der Waals surface area contributed by atoms with Gasteiger partial charge in [0.2, 0.25) is 0 Å². The van der Waals surface area contributed by atoms with E-state index in [4.69, 9.17) is 0 Å². The molecule has 0 aliphatic carbocycles. The largest absolute Gasteiger partial charge is 0.359 e. The minimum atomic E-state index is -0.390. The van der Waals surface area contributed by atoms with E-state index in [1.807, 2.05) is 26.8 Å². The van der Waals surface area contributed by atoms with Crippen LogP contribution >= 0.6 is 11.3 Å². The lowest BCUT2D eigenvalue weighted by atomic mass is 10.1.